The number of ether oxygens (including phenoxy) is 4. The average Bonchev–Trinajstić information content (AvgIpc) is 4.03. The lowest BCUT2D eigenvalue weighted by Crippen LogP contribution is -2.31. The zero-order valence-corrected chi connectivity index (χ0v) is 42.1. The second kappa shape index (κ2) is 21.1. The Morgan fingerprint density at radius 3 is 1.53 bits per heavy atom. The molecule has 6 aromatic rings. The molecule has 4 atom stereocenters. The first-order chi connectivity index (χ1) is 32.2. The number of hydrogen-bond acceptors (Lipinski definition) is 14. The Kier molecular flexibility index (Phi) is 15.9. The second-order valence-corrected chi connectivity index (χ2v) is 21.6. The fraction of sp³-hybridized carbons (Fsp3) is 0.360. The van der Waals surface area contributed by atoms with Crippen molar-refractivity contribution in [3.63, 3.8) is 0 Å². The number of alkyl halides is 2. The predicted molar refractivity (Wildman–Crippen MR) is 257 cm³/mol. The summed E-state index contributed by atoms with van der Waals surface area (Å²) in [6.45, 7) is 11.8. The summed E-state index contributed by atoms with van der Waals surface area (Å²) in [7, 11) is -7.28. The van der Waals surface area contributed by atoms with E-state index in [4.69, 9.17) is 51.0 Å². The Labute approximate surface area is 407 Å². The van der Waals surface area contributed by atoms with E-state index in [2.05, 4.69) is 36.0 Å². The van der Waals surface area contributed by atoms with Crippen molar-refractivity contribution in [1.82, 2.24) is 9.97 Å². The highest BCUT2D eigenvalue weighted by atomic mass is 35.5. The van der Waals surface area contributed by atoms with Gasteiger partial charge in [0.2, 0.25) is 20.8 Å². The molecule has 14 nitrogen and oxygen atoms in total. The number of sulfone groups is 2. The predicted octanol–water partition coefficient (Wildman–Crippen LogP) is 10.4. The summed E-state index contributed by atoms with van der Waals surface area (Å²) in [5, 5.41) is 20.4. The third kappa shape index (κ3) is 11.3. The first-order valence-corrected chi connectivity index (χ1v) is 26.3. The Hall–Kier alpha value is -6.04. The van der Waals surface area contributed by atoms with E-state index < -0.39 is 42.7 Å². The molecule has 0 N–H and O–H groups in total. The standard InChI is InChI=1S/C50H52Cl2N4O10S2/c1-31-23-39(25-35(27-53)44(31)61-21-19-51)49(5,37-9-13-41(14-10-37)64-33(3)46-48(56-30-63-46)68(8,59)60)17-18-50(6,40-24-32(2)45(62-22-20-52)36(26-40)28-54)38-11-15-42(16-12-38)65-34(4)47-55-29-43(66-47)67(7,57)58/h9-16,23-26,29-30,33-34H,17-22H2,1-8H3. The molecule has 0 saturated carbocycles. The summed E-state index contributed by atoms with van der Waals surface area (Å²) in [5.74, 6) is 2.52. The van der Waals surface area contributed by atoms with Crippen LogP contribution in [0.5, 0.6) is 23.0 Å². The number of nitriles is 2. The van der Waals surface area contributed by atoms with E-state index in [9.17, 15) is 27.4 Å². The van der Waals surface area contributed by atoms with E-state index in [1.165, 1.54) is 0 Å². The van der Waals surface area contributed by atoms with Crippen molar-refractivity contribution < 1.29 is 44.6 Å². The van der Waals surface area contributed by atoms with Crippen LogP contribution in [-0.2, 0) is 30.5 Å². The highest BCUT2D eigenvalue weighted by Crippen LogP contribution is 2.47. The van der Waals surface area contributed by atoms with Crippen molar-refractivity contribution in [1.29, 1.82) is 10.5 Å². The van der Waals surface area contributed by atoms with Gasteiger partial charge in [0.1, 0.15) is 48.4 Å². The van der Waals surface area contributed by atoms with E-state index in [1.807, 2.05) is 74.5 Å². The molecular weight excluding hydrogens is 952 g/mol. The lowest BCUT2D eigenvalue weighted by atomic mass is 9.65. The molecule has 358 valence electrons. The van der Waals surface area contributed by atoms with Gasteiger partial charge in [-0.25, -0.2) is 26.8 Å². The maximum absolute atomic E-state index is 12.4. The minimum Gasteiger partial charge on any atom is -0.491 e. The zero-order valence-electron chi connectivity index (χ0n) is 38.9. The molecule has 0 aliphatic carbocycles. The summed E-state index contributed by atoms with van der Waals surface area (Å²) >= 11 is 12.0. The first kappa shape index (κ1) is 51.4. The van der Waals surface area contributed by atoms with Crippen molar-refractivity contribution in [2.45, 2.75) is 87.5 Å². The fourth-order valence-electron chi connectivity index (χ4n) is 8.17. The molecule has 4 unspecified atom stereocenters. The first-order valence-electron chi connectivity index (χ1n) is 21.5. The lowest BCUT2D eigenvalue weighted by molar-refractivity contribution is 0.181. The van der Waals surface area contributed by atoms with Crippen LogP contribution in [0.1, 0.15) is 109 Å². The number of nitrogens with zero attached hydrogens (tertiary/aromatic N) is 4. The molecule has 0 saturated heterocycles. The van der Waals surface area contributed by atoms with Crippen molar-refractivity contribution in [2.75, 3.05) is 37.5 Å². The van der Waals surface area contributed by atoms with Gasteiger partial charge in [-0.05, 0) is 110 Å². The quantitative estimate of drug-likeness (QED) is 0.0616. The van der Waals surface area contributed by atoms with E-state index in [1.54, 1.807) is 26.0 Å². The number of oxazole rings is 2. The van der Waals surface area contributed by atoms with E-state index >= 15 is 0 Å². The number of aromatic nitrogens is 2. The molecule has 0 bridgehead atoms. The van der Waals surface area contributed by atoms with Crippen LogP contribution in [0.25, 0.3) is 0 Å². The van der Waals surface area contributed by atoms with Crippen LogP contribution in [-0.4, -0.2) is 64.3 Å². The third-order valence-electron chi connectivity index (χ3n) is 11.9. The van der Waals surface area contributed by atoms with Gasteiger partial charge >= 0.3 is 0 Å². The number of aryl methyl sites for hydroxylation is 2. The summed E-state index contributed by atoms with van der Waals surface area (Å²) < 4.78 is 84.1. The molecule has 0 aliphatic rings. The Morgan fingerprint density at radius 1 is 0.676 bits per heavy atom. The van der Waals surface area contributed by atoms with Gasteiger partial charge in [0.25, 0.3) is 0 Å². The number of rotatable bonds is 21. The fourth-order valence-corrected chi connectivity index (χ4v) is 9.62. The molecule has 6 rings (SSSR count). The van der Waals surface area contributed by atoms with Crippen molar-refractivity contribution in [2.24, 2.45) is 0 Å². The molecule has 0 amide bonds. The highest BCUT2D eigenvalue weighted by Gasteiger charge is 2.38. The van der Waals surface area contributed by atoms with Gasteiger partial charge in [-0.2, -0.15) is 10.5 Å². The summed E-state index contributed by atoms with van der Waals surface area (Å²) in [6, 6.07) is 27.4. The van der Waals surface area contributed by atoms with Crippen LogP contribution in [0, 0.1) is 36.5 Å². The minimum absolute atomic E-state index is 0.0805. The van der Waals surface area contributed by atoms with Crippen molar-refractivity contribution >= 4 is 42.9 Å². The van der Waals surface area contributed by atoms with E-state index in [0.29, 0.717) is 47.0 Å². The Morgan fingerprint density at radius 2 is 1.13 bits per heavy atom. The van der Waals surface area contributed by atoms with Gasteiger partial charge in [0, 0.05) is 23.3 Å². The summed E-state index contributed by atoms with van der Waals surface area (Å²) in [6.07, 6.45) is 3.81. The van der Waals surface area contributed by atoms with E-state index in [-0.39, 0.29) is 46.7 Å². The van der Waals surface area contributed by atoms with E-state index in [0.717, 1.165) is 58.5 Å². The number of hydrogen-bond donors (Lipinski definition) is 0. The van der Waals surface area contributed by atoms with Gasteiger partial charge < -0.3 is 27.8 Å². The minimum atomic E-state index is -3.67. The SMILES string of the molecule is Cc1cc(C(C)(CCC(C)(c2ccc(OC(C)c3ocnc3S(C)(=O)=O)cc2)c2cc(C)c(OCCCl)c(C#N)c2)c2ccc(OC(C)c3ncc(S(C)(=O)=O)o3)cc2)cc(C#N)c1OCCCl. The molecule has 0 radical (unpaired) electrons. The van der Waals surface area contributed by atoms with Crippen LogP contribution in [0.4, 0.5) is 0 Å². The molecule has 18 heteroatoms. The van der Waals surface area contributed by atoms with Gasteiger partial charge in [0.05, 0.1) is 29.1 Å². The molecule has 68 heavy (non-hydrogen) atoms. The van der Waals surface area contributed by atoms with Crippen molar-refractivity contribution in [3.05, 3.63) is 142 Å². The molecule has 0 spiro atoms. The lowest BCUT2D eigenvalue weighted by Gasteiger charge is -2.38. The zero-order chi connectivity index (χ0) is 49.6. The molecule has 0 aliphatic heterocycles. The largest absolute Gasteiger partial charge is 0.491 e. The topological polar surface area (TPSA) is 205 Å². The maximum atomic E-state index is 12.4. The molecule has 2 aromatic heterocycles. The normalized spacial score (nSPS) is 14.4. The summed E-state index contributed by atoms with van der Waals surface area (Å²) in [5.41, 5.74) is 4.13. The monoisotopic (exact) mass is 1000 g/mol. The summed E-state index contributed by atoms with van der Waals surface area (Å²) in [4.78, 5) is 8.01. The maximum Gasteiger partial charge on any atom is 0.238 e. The van der Waals surface area contributed by atoms with Gasteiger partial charge in [0.15, 0.2) is 39.2 Å². The average molecular weight is 1000 g/mol. The molecule has 4 aromatic carbocycles. The van der Waals surface area contributed by atoms with Crippen LogP contribution >= 0.6 is 23.2 Å². The Bertz CT molecular complexity index is 3070. The van der Waals surface area contributed by atoms with Crippen LogP contribution in [0.3, 0.4) is 0 Å². The van der Waals surface area contributed by atoms with Gasteiger partial charge in [-0.15, -0.1) is 23.2 Å². The smallest absolute Gasteiger partial charge is 0.238 e. The number of halogens is 2. The molecule has 0 fully saturated rings. The number of benzene rings is 4. The Balaban J connectivity index is 1.44. The highest BCUT2D eigenvalue weighted by molar-refractivity contribution is 7.90. The van der Waals surface area contributed by atoms with Crippen LogP contribution in [0.2, 0.25) is 0 Å². The molecular formula is C50H52Cl2N4O10S2. The van der Waals surface area contributed by atoms with Crippen LogP contribution < -0.4 is 18.9 Å². The van der Waals surface area contributed by atoms with Gasteiger partial charge in [-0.1, -0.05) is 50.2 Å². The second-order valence-electron chi connectivity index (χ2n) is 17.0. The third-order valence-corrected chi connectivity index (χ3v) is 14.2. The van der Waals surface area contributed by atoms with Crippen LogP contribution in [0.15, 0.2) is 104 Å². The molecule has 2 heterocycles. The van der Waals surface area contributed by atoms with Gasteiger partial charge in [-0.3, -0.25) is 0 Å². The van der Waals surface area contributed by atoms with Crippen molar-refractivity contribution in [3.8, 4) is 35.1 Å².